The van der Waals surface area contributed by atoms with Gasteiger partial charge in [0.05, 0.1) is 11.4 Å². The fraction of sp³-hybridized carbons (Fsp3) is 0.333. The van der Waals surface area contributed by atoms with Crippen LogP contribution in [-0.2, 0) is 20.2 Å². The summed E-state index contributed by atoms with van der Waals surface area (Å²) in [4.78, 5) is 0.323. The Morgan fingerprint density at radius 2 is 1.10 bits per heavy atom. The summed E-state index contributed by atoms with van der Waals surface area (Å²) in [5.41, 5.74) is 9.60. The maximum Gasteiger partial charge on any atom is 0.296 e. The fourth-order valence-corrected chi connectivity index (χ4v) is 2.36. The summed E-state index contributed by atoms with van der Waals surface area (Å²) in [6, 6.07) is 1.29. The third kappa shape index (κ3) is 5.71. The Morgan fingerprint density at radius 3 is 1.30 bits per heavy atom. The van der Waals surface area contributed by atoms with Gasteiger partial charge in [-0.25, -0.2) is 0 Å². The highest BCUT2D eigenvalue weighted by Gasteiger charge is 2.22. The first-order chi connectivity index (χ1) is 8.76. The molecule has 1 aromatic carbocycles. The van der Waals surface area contributed by atoms with E-state index >= 15 is 0 Å². The molecule has 6 N–H and O–H groups in total. The number of hydrogen-bond donors (Lipinski definition) is 4. The monoisotopic (exact) mass is 327 g/mol. The van der Waals surface area contributed by atoms with Gasteiger partial charge in [0.25, 0.3) is 20.2 Å². The van der Waals surface area contributed by atoms with Gasteiger partial charge >= 0.3 is 0 Å². The first-order valence-corrected chi connectivity index (χ1v) is 7.89. The molecule has 116 valence electrons. The van der Waals surface area contributed by atoms with E-state index in [1.54, 1.807) is 0 Å². The molecule has 0 spiro atoms. The van der Waals surface area contributed by atoms with Gasteiger partial charge in [0.15, 0.2) is 0 Å². The van der Waals surface area contributed by atoms with Crippen LogP contribution in [0.25, 0.3) is 0 Å². The molecule has 0 atom stereocenters. The number of benzene rings is 1. The van der Waals surface area contributed by atoms with Gasteiger partial charge in [-0.3, -0.25) is 9.11 Å². The molecule has 0 fully saturated rings. The molecule has 1 rings (SSSR count). The lowest BCUT2D eigenvalue weighted by Crippen LogP contribution is -2.09. The molecule has 0 radical (unpaired) electrons. The number of nitrogens with zero attached hydrogens (tertiary/aromatic N) is 1. The van der Waals surface area contributed by atoms with Crippen LogP contribution < -0.4 is 11.5 Å². The largest absolute Gasteiger partial charge is 0.398 e. The van der Waals surface area contributed by atoms with Gasteiger partial charge in [-0.1, -0.05) is 0 Å². The van der Waals surface area contributed by atoms with Crippen molar-refractivity contribution >= 4 is 31.6 Å². The molecule has 0 bridgehead atoms. The second-order valence-electron chi connectivity index (χ2n) is 4.22. The summed E-state index contributed by atoms with van der Waals surface area (Å²) in [7, 11) is -3.38. The highest BCUT2D eigenvalue weighted by Crippen LogP contribution is 2.27. The predicted molar refractivity (Wildman–Crippen MR) is 74.5 cm³/mol. The van der Waals surface area contributed by atoms with Crippen LogP contribution in [0, 0.1) is 0 Å². The molecule has 0 amide bonds. The average molecular weight is 327 g/mol. The first kappa shape index (κ1) is 18.6. The van der Waals surface area contributed by atoms with Crippen LogP contribution in [0.1, 0.15) is 0 Å². The van der Waals surface area contributed by atoms with E-state index in [1.165, 1.54) is 0 Å². The SMILES string of the molecule is CN(C)C.Nc1cc(N)c(S(=O)(=O)O)cc1S(=O)(=O)O. The van der Waals surface area contributed by atoms with Crippen molar-refractivity contribution in [1.82, 2.24) is 4.90 Å². The molecular formula is C9H17N3O6S2. The van der Waals surface area contributed by atoms with Crippen molar-refractivity contribution in [2.45, 2.75) is 9.79 Å². The summed E-state index contributed by atoms with van der Waals surface area (Å²) >= 11 is 0. The van der Waals surface area contributed by atoms with Gasteiger partial charge in [0.1, 0.15) is 9.79 Å². The Bertz CT molecular complexity index is 626. The van der Waals surface area contributed by atoms with E-state index in [4.69, 9.17) is 20.6 Å². The number of rotatable bonds is 2. The average Bonchev–Trinajstić information content (AvgIpc) is 2.11. The molecule has 0 heterocycles. The van der Waals surface area contributed by atoms with Crippen LogP contribution in [0.3, 0.4) is 0 Å². The summed E-state index contributed by atoms with van der Waals surface area (Å²) in [5.74, 6) is 0. The predicted octanol–water partition coefficient (Wildman–Crippen LogP) is -0.478. The van der Waals surface area contributed by atoms with Crippen molar-refractivity contribution in [1.29, 1.82) is 0 Å². The lowest BCUT2D eigenvalue weighted by Gasteiger charge is -2.07. The standard InChI is InChI=1S/C6H8N2O6S2.C3H9N/c7-3-1-4(8)6(16(12,13)14)2-5(3)15(9,10)11;1-4(2)3/h1-2H,7-8H2,(H,9,10,11)(H,12,13,14);1-3H3. The van der Waals surface area contributed by atoms with Crippen LogP contribution in [0.5, 0.6) is 0 Å². The summed E-state index contributed by atoms with van der Waals surface area (Å²) in [5, 5.41) is 0. The normalized spacial score (nSPS) is 11.9. The van der Waals surface area contributed by atoms with Crippen LogP contribution in [-0.4, -0.2) is 52.0 Å². The molecule has 0 unspecified atom stereocenters. The molecule has 11 heteroatoms. The molecule has 0 aliphatic carbocycles. The molecule has 0 aromatic heterocycles. The fourth-order valence-electron chi connectivity index (χ4n) is 1.04. The third-order valence-corrected chi connectivity index (χ3v) is 3.52. The van der Waals surface area contributed by atoms with E-state index in [-0.39, 0.29) is 0 Å². The summed E-state index contributed by atoms with van der Waals surface area (Å²) in [6.07, 6.45) is 0. The van der Waals surface area contributed by atoms with E-state index in [1.807, 2.05) is 26.0 Å². The highest BCUT2D eigenvalue weighted by atomic mass is 32.2. The zero-order valence-corrected chi connectivity index (χ0v) is 12.7. The Kier molecular flexibility index (Phi) is 5.92. The van der Waals surface area contributed by atoms with Crippen molar-refractivity contribution in [3.63, 3.8) is 0 Å². The number of nitrogen functional groups attached to an aromatic ring is 2. The Hall–Kier alpha value is -1.40. The van der Waals surface area contributed by atoms with Crippen molar-refractivity contribution < 1.29 is 25.9 Å². The van der Waals surface area contributed by atoms with Crippen LogP contribution >= 0.6 is 0 Å². The minimum Gasteiger partial charge on any atom is -0.398 e. The third-order valence-electron chi connectivity index (χ3n) is 1.70. The Morgan fingerprint density at radius 1 is 0.850 bits per heavy atom. The van der Waals surface area contributed by atoms with Crippen LogP contribution in [0.2, 0.25) is 0 Å². The van der Waals surface area contributed by atoms with Gasteiger partial charge in [0.2, 0.25) is 0 Å². The van der Waals surface area contributed by atoms with Gasteiger partial charge in [0, 0.05) is 0 Å². The Labute approximate surface area is 117 Å². The van der Waals surface area contributed by atoms with E-state index in [0.717, 1.165) is 6.07 Å². The summed E-state index contributed by atoms with van der Waals surface area (Å²) < 4.78 is 60.7. The van der Waals surface area contributed by atoms with E-state index in [2.05, 4.69) is 0 Å². The molecular weight excluding hydrogens is 310 g/mol. The van der Waals surface area contributed by atoms with Crippen molar-refractivity contribution in [3.8, 4) is 0 Å². The Balaban J connectivity index is 0.000000796. The quantitative estimate of drug-likeness (QED) is 0.415. The van der Waals surface area contributed by atoms with E-state index in [0.29, 0.717) is 6.07 Å². The number of hydrogen-bond acceptors (Lipinski definition) is 7. The minimum absolute atomic E-state index is 0.424. The van der Waals surface area contributed by atoms with Crippen LogP contribution in [0.4, 0.5) is 11.4 Å². The zero-order chi connectivity index (χ0) is 16.3. The van der Waals surface area contributed by atoms with E-state index in [9.17, 15) is 16.8 Å². The van der Waals surface area contributed by atoms with Crippen molar-refractivity contribution in [3.05, 3.63) is 12.1 Å². The van der Waals surface area contributed by atoms with Gasteiger partial charge in [-0.05, 0) is 33.3 Å². The van der Waals surface area contributed by atoms with Gasteiger partial charge in [-0.2, -0.15) is 16.8 Å². The lowest BCUT2D eigenvalue weighted by molar-refractivity contribution is 0.482. The molecule has 0 aliphatic heterocycles. The number of nitrogens with two attached hydrogens (primary N) is 2. The first-order valence-electron chi connectivity index (χ1n) is 5.01. The van der Waals surface area contributed by atoms with Crippen molar-refractivity contribution in [2.75, 3.05) is 32.6 Å². The van der Waals surface area contributed by atoms with Crippen molar-refractivity contribution in [2.24, 2.45) is 0 Å². The molecule has 20 heavy (non-hydrogen) atoms. The number of anilines is 2. The maximum atomic E-state index is 10.8. The maximum absolute atomic E-state index is 10.8. The second kappa shape index (κ2) is 6.37. The summed E-state index contributed by atoms with van der Waals surface area (Å²) in [6.45, 7) is 0. The topological polar surface area (TPSA) is 164 Å². The molecule has 0 saturated carbocycles. The zero-order valence-electron chi connectivity index (χ0n) is 11.1. The van der Waals surface area contributed by atoms with Gasteiger partial charge in [-0.15, -0.1) is 0 Å². The smallest absolute Gasteiger partial charge is 0.296 e. The minimum atomic E-state index is -4.69. The lowest BCUT2D eigenvalue weighted by atomic mass is 10.3. The highest BCUT2D eigenvalue weighted by molar-refractivity contribution is 7.86. The van der Waals surface area contributed by atoms with E-state index < -0.39 is 41.4 Å². The molecule has 1 aromatic rings. The second-order valence-corrected chi connectivity index (χ2v) is 7.00. The van der Waals surface area contributed by atoms with Crippen LogP contribution in [0.15, 0.2) is 21.9 Å². The molecule has 9 nitrogen and oxygen atoms in total. The molecule has 0 aliphatic rings. The van der Waals surface area contributed by atoms with Gasteiger partial charge < -0.3 is 16.4 Å². The molecule has 0 saturated heterocycles.